The van der Waals surface area contributed by atoms with E-state index in [-0.39, 0.29) is 11.8 Å². The molecule has 0 bridgehead atoms. The molecule has 1 atom stereocenters. The van der Waals surface area contributed by atoms with E-state index in [0.717, 1.165) is 41.5 Å². The zero-order valence-electron chi connectivity index (χ0n) is 28.5. The van der Waals surface area contributed by atoms with Gasteiger partial charge in [0.1, 0.15) is 11.6 Å². The highest BCUT2D eigenvalue weighted by Gasteiger charge is 2.30. The van der Waals surface area contributed by atoms with Crippen LogP contribution in [0, 0.1) is 6.92 Å². The number of alkyl halides is 3. The third-order valence-corrected chi connectivity index (χ3v) is 6.98. The molecule has 48 heavy (non-hydrogen) atoms. The summed E-state index contributed by atoms with van der Waals surface area (Å²) in [5.41, 5.74) is 4.01. The van der Waals surface area contributed by atoms with Gasteiger partial charge in [0.15, 0.2) is 5.78 Å². The van der Waals surface area contributed by atoms with Crippen molar-refractivity contribution in [2.75, 3.05) is 13.2 Å². The Hall–Kier alpha value is -4.99. The van der Waals surface area contributed by atoms with Crippen molar-refractivity contribution in [1.82, 2.24) is 9.55 Å². The quantitative estimate of drug-likeness (QED) is 0.0907. The molecule has 0 fully saturated rings. The van der Waals surface area contributed by atoms with Crippen LogP contribution in [0.5, 0.6) is 5.75 Å². The minimum Gasteiger partial charge on any atom is -0.494 e. The van der Waals surface area contributed by atoms with Gasteiger partial charge in [-0.2, -0.15) is 13.2 Å². The molecular formula is C38H44F3N3O4. The first-order chi connectivity index (χ1) is 22.8. The predicted octanol–water partition coefficient (Wildman–Crippen LogP) is 9.66. The van der Waals surface area contributed by atoms with Crippen LogP contribution in [0.1, 0.15) is 86.2 Å². The molecule has 1 aromatic heterocycles. The van der Waals surface area contributed by atoms with E-state index in [4.69, 9.17) is 9.73 Å². The van der Waals surface area contributed by atoms with Crippen molar-refractivity contribution >= 4 is 29.7 Å². The molecule has 0 saturated carbocycles. The zero-order valence-corrected chi connectivity index (χ0v) is 28.5. The molecule has 0 amide bonds. The van der Waals surface area contributed by atoms with Gasteiger partial charge in [-0.15, -0.1) is 0 Å². The van der Waals surface area contributed by atoms with Crippen LogP contribution >= 0.6 is 0 Å². The molecule has 7 nitrogen and oxygen atoms in total. The molecule has 0 spiro atoms. The summed E-state index contributed by atoms with van der Waals surface area (Å²) < 4.78 is 50.1. The number of carbonyl (C=O) groups is 2. The van der Waals surface area contributed by atoms with E-state index in [1.807, 2.05) is 80.9 Å². The van der Waals surface area contributed by atoms with Crippen molar-refractivity contribution < 1.29 is 32.2 Å². The van der Waals surface area contributed by atoms with E-state index in [1.54, 1.807) is 25.1 Å². The van der Waals surface area contributed by atoms with Crippen LogP contribution < -0.4 is 4.74 Å². The standard InChI is InChI=1S/C26H26F3N3O.C9H12O.C3H6O2/c1-5-8-22-16-32(18(3)17(2)30-24-10-7-6-9-23(24)19(4)33)25(31-22)15-20-11-13-21(14-12-20)26(27,28)29;1-3-10-9-6-4-8(2)5-7-9;1-2-5-3-4/h5-14,16,18H,15H2,1-4H3;4-7H,3H2,1-2H3;3H,2H2,1H3/b8-5+,30-17?;;. The fourth-order valence-corrected chi connectivity index (χ4v) is 4.39. The van der Waals surface area contributed by atoms with Gasteiger partial charge < -0.3 is 14.0 Å². The van der Waals surface area contributed by atoms with E-state index >= 15 is 0 Å². The lowest BCUT2D eigenvalue weighted by atomic mass is 10.1. The summed E-state index contributed by atoms with van der Waals surface area (Å²) in [6.07, 6.45) is 1.66. The molecule has 4 aromatic rings. The number of aryl methyl sites for hydroxylation is 1. The highest BCUT2D eigenvalue weighted by atomic mass is 19.4. The second-order valence-corrected chi connectivity index (χ2v) is 10.7. The molecule has 1 unspecified atom stereocenters. The lowest BCUT2D eigenvalue weighted by molar-refractivity contribution is -0.137. The molecule has 0 aliphatic heterocycles. The Morgan fingerprint density at radius 3 is 2.15 bits per heavy atom. The number of carbonyl (C=O) groups excluding carboxylic acids is 2. The van der Waals surface area contributed by atoms with Crippen LogP contribution in [-0.4, -0.2) is 40.7 Å². The monoisotopic (exact) mass is 663 g/mol. The number of halogens is 3. The molecule has 1 heterocycles. The van der Waals surface area contributed by atoms with Gasteiger partial charge in [-0.1, -0.05) is 48.0 Å². The van der Waals surface area contributed by atoms with Gasteiger partial charge in [-0.3, -0.25) is 14.6 Å². The molecule has 0 aliphatic carbocycles. The zero-order chi connectivity index (χ0) is 35.7. The number of benzene rings is 3. The van der Waals surface area contributed by atoms with Gasteiger partial charge in [-0.25, -0.2) is 4.98 Å². The third kappa shape index (κ3) is 12.7. The molecule has 3 aromatic carbocycles. The maximum Gasteiger partial charge on any atom is 0.416 e. The van der Waals surface area contributed by atoms with Crippen LogP contribution in [0.3, 0.4) is 0 Å². The Labute approximate surface area is 281 Å². The fraction of sp³-hybridized carbons (Fsp3) is 0.316. The highest BCUT2D eigenvalue weighted by Crippen LogP contribution is 2.30. The largest absolute Gasteiger partial charge is 0.494 e. The summed E-state index contributed by atoms with van der Waals surface area (Å²) in [7, 11) is 0. The summed E-state index contributed by atoms with van der Waals surface area (Å²) in [6.45, 7) is 14.7. The minimum atomic E-state index is -4.37. The van der Waals surface area contributed by atoms with E-state index in [0.29, 0.717) is 36.6 Å². The Morgan fingerprint density at radius 2 is 1.62 bits per heavy atom. The number of rotatable bonds is 11. The Balaban J connectivity index is 0.000000439. The number of ether oxygens (including phenoxy) is 2. The number of imidazole rings is 1. The van der Waals surface area contributed by atoms with Crippen LogP contribution in [0.4, 0.5) is 18.9 Å². The van der Waals surface area contributed by atoms with Gasteiger partial charge in [0.05, 0.1) is 36.2 Å². The number of aromatic nitrogens is 2. The van der Waals surface area contributed by atoms with Gasteiger partial charge in [0.25, 0.3) is 6.47 Å². The van der Waals surface area contributed by atoms with E-state index in [1.165, 1.54) is 24.6 Å². The molecule has 256 valence electrons. The van der Waals surface area contributed by atoms with Crippen LogP contribution in [0.25, 0.3) is 6.08 Å². The lowest BCUT2D eigenvalue weighted by Crippen LogP contribution is -2.16. The first-order valence-corrected chi connectivity index (χ1v) is 15.6. The number of allylic oxidation sites excluding steroid dienone is 1. The number of Topliss-reactive ketones (excluding diaryl/α,β-unsaturated/α-hetero) is 1. The first-order valence-electron chi connectivity index (χ1n) is 15.6. The topological polar surface area (TPSA) is 82.8 Å². The molecule has 0 radical (unpaired) electrons. The van der Waals surface area contributed by atoms with Gasteiger partial charge in [-0.05, 0) is 96.5 Å². The summed E-state index contributed by atoms with van der Waals surface area (Å²) in [6, 6.07) is 20.2. The average Bonchev–Trinajstić information content (AvgIpc) is 3.45. The molecule has 0 saturated heterocycles. The van der Waals surface area contributed by atoms with Crippen molar-refractivity contribution in [3.63, 3.8) is 0 Å². The number of hydrogen-bond donors (Lipinski definition) is 0. The van der Waals surface area contributed by atoms with Crippen molar-refractivity contribution in [2.24, 2.45) is 4.99 Å². The van der Waals surface area contributed by atoms with Crippen LogP contribution in [-0.2, 0) is 22.1 Å². The number of hydrogen-bond acceptors (Lipinski definition) is 6. The van der Waals surface area contributed by atoms with Gasteiger partial charge in [0, 0.05) is 23.9 Å². The average molecular weight is 664 g/mol. The maximum atomic E-state index is 12.9. The molecular weight excluding hydrogens is 619 g/mol. The Bertz CT molecular complexity index is 1640. The Kier molecular flexibility index (Phi) is 16.0. The van der Waals surface area contributed by atoms with E-state index in [2.05, 4.69) is 16.6 Å². The summed E-state index contributed by atoms with van der Waals surface area (Å²) in [5, 5.41) is 0. The van der Waals surface area contributed by atoms with Crippen molar-refractivity contribution in [1.29, 1.82) is 0 Å². The fourth-order valence-electron chi connectivity index (χ4n) is 4.39. The van der Waals surface area contributed by atoms with Crippen LogP contribution in [0.2, 0.25) is 0 Å². The van der Waals surface area contributed by atoms with Crippen molar-refractivity contribution in [3.05, 3.63) is 119 Å². The SMILES string of the molecule is C/C=C/c1cn(C(C)C(C)=Nc2ccccc2C(C)=O)c(Cc2ccc(C(F)(F)F)cc2)n1.CCOC=O.CCOc1ccc(C)cc1. The predicted molar refractivity (Wildman–Crippen MR) is 185 cm³/mol. The van der Waals surface area contributed by atoms with E-state index < -0.39 is 11.7 Å². The number of aliphatic imine (C=N–C) groups is 1. The summed E-state index contributed by atoms with van der Waals surface area (Å²) in [4.78, 5) is 30.5. The van der Waals surface area contributed by atoms with Gasteiger partial charge >= 0.3 is 6.18 Å². The summed E-state index contributed by atoms with van der Waals surface area (Å²) >= 11 is 0. The molecule has 4 rings (SSSR count). The number of para-hydroxylation sites is 1. The highest BCUT2D eigenvalue weighted by molar-refractivity contribution is 6.00. The second kappa shape index (κ2) is 19.6. The second-order valence-electron chi connectivity index (χ2n) is 10.7. The number of ketones is 1. The summed E-state index contributed by atoms with van der Waals surface area (Å²) in [5.74, 6) is 1.61. The van der Waals surface area contributed by atoms with E-state index in [9.17, 15) is 22.8 Å². The molecule has 0 N–H and O–H groups in total. The Morgan fingerprint density at radius 1 is 0.979 bits per heavy atom. The minimum absolute atomic E-state index is 0.0594. The normalized spacial score (nSPS) is 11.9. The van der Waals surface area contributed by atoms with Gasteiger partial charge in [0.2, 0.25) is 0 Å². The molecule has 0 aliphatic rings. The lowest BCUT2D eigenvalue weighted by Gasteiger charge is -2.17. The maximum absolute atomic E-state index is 12.9. The van der Waals surface area contributed by atoms with Crippen molar-refractivity contribution in [3.8, 4) is 5.75 Å². The van der Waals surface area contributed by atoms with Crippen molar-refractivity contribution in [2.45, 2.75) is 67.1 Å². The third-order valence-electron chi connectivity index (χ3n) is 6.98. The first kappa shape index (κ1) is 39.2. The number of nitrogens with zero attached hydrogens (tertiary/aromatic N) is 3. The van der Waals surface area contributed by atoms with Crippen LogP contribution in [0.15, 0.2) is 90.1 Å². The smallest absolute Gasteiger partial charge is 0.416 e. The molecule has 10 heteroatoms.